The van der Waals surface area contributed by atoms with Crippen LogP contribution in [0.4, 0.5) is 10.2 Å². The third kappa shape index (κ3) is 2.47. The third-order valence-electron chi connectivity index (χ3n) is 4.76. The zero-order chi connectivity index (χ0) is 18.5. The molecule has 0 fully saturated rings. The van der Waals surface area contributed by atoms with Gasteiger partial charge in [-0.2, -0.15) is 0 Å². The maximum absolute atomic E-state index is 14.0. The molecule has 27 heavy (non-hydrogen) atoms. The Morgan fingerprint density at radius 3 is 2.78 bits per heavy atom. The van der Waals surface area contributed by atoms with Crippen LogP contribution in [0.1, 0.15) is 15.9 Å². The molecule has 3 heterocycles. The van der Waals surface area contributed by atoms with Gasteiger partial charge in [-0.3, -0.25) is 4.79 Å². The van der Waals surface area contributed by atoms with Crippen molar-refractivity contribution in [3.63, 3.8) is 0 Å². The zero-order valence-electron chi connectivity index (χ0n) is 14.0. The highest BCUT2D eigenvalue weighted by Gasteiger charge is 2.20. The largest absolute Gasteiger partial charge is 0.383 e. The van der Waals surface area contributed by atoms with Crippen LogP contribution in [0.25, 0.3) is 32.5 Å². The van der Waals surface area contributed by atoms with Crippen molar-refractivity contribution in [2.75, 3.05) is 5.73 Å². The molecule has 2 aromatic carbocycles. The Hall–Kier alpha value is -3.32. The van der Waals surface area contributed by atoms with Gasteiger partial charge in [0.25, 0.3) is 5.91 Å². The van der Waals surface area contributed by atoms with Crippen LogP contribution < -0.4 is 11.1 Å². The number of pyridine rings is 1. The van der Waals surface area contributed by atoms with Gasteiger partial charge < -0.3 is 11.1 Å². The molecule has 0 bridgehead atoms. The second kappa shape index (κ2) is 5.85. The lowest BCUT2D eigenvalue weighted by molar-refractivity contribution is 0.0966. The first-order valence-electron chi connectivity index (χ1n) is 8.31. The highest BCUT2D eigenvalue weighted by atomic mass is 32.1. The molecule has 0 unspecified atom stereocenters. The molecule has 4 aromatic rings. The Labute approximate surface area is 157 Å². The summed E-state index contributed by atoms with van der Waals surface area (Å²) in [5, 5.41) is 2.81. The summed E-state index contributed by atoms with van der Waals surface area (Å²) in [5.74, 6) is 0.00311. The van der Waals surface area contributed by atoms with Crippen LogP contribution in [-0.2, 0) is 6.54 Å². The molecular weight excluding hydrogens is 363 g/mol. The molecule has 5 nitrogen and oxygen atoms in total. The first-order chi connectivity index (χ1) is 13.1. The van der Waals surface area contributed by atoms with Crippen molar-refractivity contribution in [1.29, 1.82) is 0 Å². The van der Waals surface area contributed by atoms with Crippen LogP contribution in [0.15, 0.2) is 48.1 Å². The highest BCUT2D eigenvalue weighted by molar-refractivity contribution is 7.17. The number of rotatable bonds is 2. The van der Waals surface area contributed by atoms with Crippen molar-refractivity contribution in [2.45, 2.75) is 6.54 Å². The number of benzene rings is 2. The van der Waals surface area contributed by atoms with Gasteiger partial charge in [0.15, 0.2) is 0 Å². The monoisotopic (exact) mass is 376 g/mol. The Morgan fingerprint density at radius 2 is 1.89 bits per heavy atom. The fourth-order valence-corrected chi connectivity index (χ4v) is 4.24. The number of carbonyl (C=O) groups excluding carboxylic acids is 1. The summed E-state index contributed by atoms with van der Waals surface area (Å²) in [5.41, 5.74) is 13.1. The van der Waals surface area contributed by atoms with Crippen LogP contribution in [0, 0.1) is 5.82 Å². The summed E-state index contributed by atoms with van der Waals surface area (Å²) >= 11 is 1.39. The Bertz CT molecular complexity index is 1230. The summed E-state index contributed by atoms with van der Waals surface area (Å²) in [7, 11) is 0. The number of amides is 1. The van der Waals surface area contributed by atoms with Gasteiger partial charge in [0, 0.05) is 35.0 Å². The van der Waals surface area contributed by atoms with Gasteiger partial charge in [0.05, 0.1) is 10.2 Å². The SMILES string of the molecule is Nc1ncc(-c2ccc(F)c3ncsc23)cc1-c1ccc2c(c1)CNC2=O. The quantitative estimate of drug-likeness (QED) is 0.554. The minimum Gasteiger partial charge on any atom is -0.383 e. The van der Waals surface area contributed by atoms with Gasteiger partial charge in [-0.05, 0) is 41.5 Å². The molecule has 5 rings (SSSR count). The minimum absolute atomic E-state index is 0.0599. The number of fused-ring (bicyclic) bond motifs is 2. The van der Waals surface area contributed by atoms with E-state index in [1.165, 1.54) is 17.4 Å². The second-order valence-corrected chi connectivity index (χ2v) is 7.19. The normalized spacial score (nSPS) is 13.0. The van der Waals surface area contributed by atoms with Crippen LogP contribution in [-0.4, -0.2) is 15.9 Å². The molecule has 0 atom stereocenters. The van der Waals surface area contributed by atoms with E-state index in [0.717, 1.165) is 32.5 Å². The number of carbonyl (C=O) groups is 1. The number of halogens is 1. The number of nitrogens with one attached hydrogen (secondary N) is 1. The first-order valence-corrected chi connectivity index (χ1v) is 9.19. The lowest BCUT2D eigenvalue weighted by Gasteiger charge is -2.10. The number of thiazole rings is 1. The summed E-state index contributed by atoms with van der Waals surface area (Å²) in [4.78, 5) is 20.2. The lowest BCUT2D eigenvalue weighted by Crippen LogP contribution is -2.12. The first kappa shape index (κ1) is 15.9. The van der Waals surface area contributed by atoms with Crippen molar-refractivity contribution in [3.05, 3.63) is 65.0 Å². The number of nitrogens with zero attached hydrogens (tertiary/aromatic N) is 2. The van der Waals surface area contributed by atoms with Gasteiger partial charge in [-0.15, -0.1) is 11.3 Å². The van der Waals surface area contributed by atoms with Crippen molar-refractivity contribution in [3.8, 4) is 22.3 Å². The number of nitrogens with two attached hydrogens (primary N) is 1. The van der Waals surface area contributed by atoms with Crippen molar-refractivity contribution < 1.29 is 9.18 Å². The summed E-state index contributed by atoms with van der Waals surface area (Å²) in [6, 6.07) is 10.7. The van der Waals surface area contributed by atoms with E-state index in [9.17, 15) is 9.18 Å². The Morgan fingerprint density at radius 1 is 1.04 bits per heavy atom. The average Bonchev–Trinajstić information content (AvgIpc) is 3.31. The molecular formula is C20H13FN4OS. The van der Waals surface area contributed by atoms with Crippen molar-refractivity contribution in [2.24, 2.45) is 0 Å². The van der Waals surface area contributed by atoms with E-state index in [1.807, 2.05) is 18.2 Å². The summed E-state index contributed by atoms with van der Waals surface area (Å²) in [6.07, 6.45) is 1.68. The standard InChI is InChI=1S/C20H13FN4OS/c21-16-4-3-13(18-17(16)25-9-27-18)12-6-15(19(22)23-7-12)10-1-2-14-11(5-10)8-24-20(14)26/h1-7,9H,8H2,(H2,22,23)(H,24,26). The van der Waals surface area contributed by atoms with Gasteiger partial charge in [0.1, 0.15) is 17.2 Å². The van der Waals surface area contributed by atoms with E-state index >= 15 is 0 Å². The summed E-state index contributed by atoms with van der Waals surface area (Å²) < 4.78 is 14.7. The smallest absolute Gasteiger partial charge is 0.251 e. The molecule has 132 valence electrons. The van der Waals surface area contributed by atoms with Crippen molar-refractivity contribution >= 4 is 33.3 Å². The molecule has 0 spiro atoms. The van der Waals surface area contributed by atoms with Crippen LogP contribution in [0.2, 0.25) is 0 Å². The topological polar surface area (TPSA) is 80.9 Å². The molecule has 3 N–H and O–H groups in total. The van der Waals surface area contributed by atoms with E-state index < -0.39 is 0 Å². The zero-order valence-corrected chi connectivity index (χ0v) is 14.8. The van der Waals surface area contributed by atoms with Gasteiger partial charge in [0.2, 0.25) is 0 Å². The number of hydrogen-bond donors (Lipinski definition) is 2. The predicted octanol–water partition coefficient (Wildman–Crippen LogP) is 3.99. The molecule has 2 aromatic heterocycles. The molecule has 1 aliphatic rings. The number of hydrogen-bond acceptors (Lipinski definition) is 5. The molecule has 0 saturated heterocycles. The van der Waals surface area contributed by atoms with Crippen molar-refractivity contribution in [1.82, 2.24) is 15.3 Å². The Balaban J connectivity index is 1.66. The van der Waals surface area contributed by atoms with Gasteiger partial charge in [-0.25, -0.2) is 14.4 Å². The fraction of sp³-hybridized carbons (Fsp3) is 0.0500. The fourth-order valence-electron chi connectivity index (χ4n) is 3.40. The molecule has 0 radical (unpaired) electrons. The molecule has 7 heteroatoms. The maximum atomic E-state index is 14.0. The van der Waals surface area contributed by atoms with Crippen LogP contribution in [0.3, 0.4) is 0 Å². The highest BCUT2D eigenvalue weighted by Crippen LogP contribution is 2.36. The van der Waals surface area contributed by atoms with E-state index in [1.54, 1.807) is 23.8 Å². The number of nitrogen functional groups attached to an aromatic ring is 1. The second-order valence-electron chi connectivity index (χ2n) is 6.34. The minimum atomic E-state index is -0.339. The number of aromatic nitrogens is 2. The molecule has 1 amide bonds. The third-order valence-corrected chi connectivity index (χ3v) is 5.62. The molecule has 1 aliphatic heterocycles. The number of anilines is 1. The van der Waals surface area contributed by atoms with E-state index in [-0.39, 0.29) is 11.7 Å². The van der Waals surface area contributed by atoms with Crippen LogP contribution in [0.5, 0.6) is 0 Å². The Kier molecular flexibility index (Phi) is 3.45. The molecule has 0 aliphatic carbocycles. The summed E-state index contributed by atoms with van der Waals surface area (Å²) in [6.45, 7) is 0.508. The predicted molar refractivity (Wildman–Crippen MR) is 104 cm³/mol. The van der Waals surface area contributed by atoms with E-state index in [0.29, 0.717) is 23.4 Å². The maximum Gasteiger partial charge on any atom is 0.251 e. The van der Waals surface area contributed by atoms with Gasteiger partial charge >= 0.3 is 0 Å². The van der Waals surface area contributed by atoms with Crippen LogP contribution >= 0.6 is 11.3 Å². The van der Waals surface area contributed by atoms with E-state index in [2.05, 4.69) is 15.3 Å². The van der Waals surface area contributed by atoms with E-state index in [4.69, 9.17) is 5.73 Å². The van der Waals surface area contributed by atoms with Gasteiger partial charge in [-0.1, -0.05) is 6.07 Å². The average molecular weight is 376 g/mol. The lowest BCUT2D eigenvalue weighted by atomic mass is 9.98. The molecule has 0 saturated carbocycles.